The molecule has 2 atom stereocenters. The Kier molecular flexibility index (Phi) is 2.77. The summed E-state index contributed by atoms with van der Waals surface area (Å²) in [6, 6.07) is 0. The maximum Gasteiger partial charge on any atom is 0.209 e. The molecule has 1 saturated heterocycles. The van der Waals surface area contributed by atoms with Crippen LogP contribution in [0.15, 0.2) is 0 Å². The average molecular weight is 196 g/mol. The minimum Gasteiger partial charge on any atom is -0.345 e. The number of amides is 1. The third-order valence-corrected chi connectivity index (χ3v) is 4.03. The predicted octanol–water partition coefficient (Wildman–Crippen LogP) is 0.854. The van der Waals surface area contributed by atoms with Crippen LogP contribution in [0.2, 0.25) is 0 Å². The molecule has 0 radical (unpaired) electrons. The van der Waals surface area contributed by atoms with Gasteiger partial charge >= 0.3 is 0 Å². The van der Waals surface area contributed by atoms with Gasteiger partial charge in [0.2, 0.25) is 6.41 Å². The standard InChI is InChI=1S/C11H20N2O/c1-2-13(9-14)8-11-5-3-4-10(11)6-12-7-11/h9-10,12H,2-8H2,1H3. The van der Waals surface area contributed by atoms with Gasteiger partial charge in [-0.3, -0.25) is 4.79 Å². The van der Waals surface area contributed by atoms with Crippen LogP contribution in [0.5, 0.6) is 0 Å². The van der Waals surface area contributed by atoms with Crippen LogP contribution in [0, 0.1) is 11.3 Å². The molecule has 2 rings (SSSR count). The van der Waals surface area contributed by atoms with Gasteiger partial charge in [-0.25, -0.2) is 0 Å². The first-order valence-electron chi connectivity index (χ1n) is 5.71. The number of carbonyl (C=O) groups excluding carboxylic acids is 1. The van der Waals surface area contributed by atoms with Crippen LogP contribution in [-0.4, -0.2) is 37.5 Å². The van der Waals surface area contributed by atoms with Crippen LogP contribution in [0.25, 0.3) is 0 Å². The molecule has 0 bridgehead atoms. The molecule has 0 aromatic heterocycles. The van der Waals surface area contributed by atoms with Crippen molar-refractivity contribution in [1.82, 2.24) is 10.2 Å². The zero-order valence-corrected chi connectivity index (χ0v) is 8.96. The zero-order valence-electron chi connectivity index (χ0n) is 8.96. The minimum atomic E-state index is 0.414. The maximum absolute atomic E-state index is 10.8. The number of rotatable bonds is 4. The highest BCUT2D eigenvalue weighted by Crippen LogP contribution is 2.45. The maximum atomic E-state index is 10.8. The molecule has 0 aromatic carbocycles. The summed E-state index contributed by atoms with van der Waals surface area (Å²) in [5.74, 6) is 0.816. The lowest BCUT2D eigenvalue weighted by atomic mass is 9.80. The van der Waals surface area contributed by atoms with E-state index >= 15 is 0 Å². The summed E-state index contributed by atoms with van der Waals surface area (Å²) in [4.78, 5) is 12.7. The molecule has 14 heavy (non-hydrogen) atoms. The summed E-state index contributed by atoms with van der Waals surface area (Å²) in [5.41, 5.74) is 0.414. The van der Waals surface area contributed by atoms with E-state index in [9.17, 15) is 4.79 Å². The van der Waals surface area contributed by atoms with Gasteiger partial charge in [0.25, 0.3) is 0 Å². The molecule has 3 nitrogen and oxygen atoms in total. The SMILES string of the molecule is CCN(C=O)CC12CCCC1CNC2. The second-order valence-corrected chi connectivity index (χ2v) is 4.75. The summed E-state index contributed by atoms with van der Waals surface area (Å²) in [7, 11) is 0. The normalized spacial score (nSPS) is 35.6. The van der Waals surface area contributed by atoms with Crippen LogP contribution in [-0.2, 0) is 4.79 Å². The Morgan fingerprint density at radius 1 is 1.64 bits per heavy atom. The van der Waals surface area contributed by atoms with Gasteiger partial charge in [0.15, 0.2) is 0 Å². The number of nitrogens with one attached hydrogen (secondary N) is 1. The highest BCUT2D eigenvalue weighted by Gasteiger charge is 2.46. The smallest absolute Gasteiger partial charge is 0.209 e. The van der Waals surface area contributed by atoms with Crippen molar-refractivity contribution in [3.8, 4) is 0 Å². The van der Waals surface area contributed by atoms with Gasteiger partial charge in [0.1, 0.15) is 0 Å². The first-order chi connectivity index (χ1) is 6.80. The van der Waals surface area contributed by atoms with Crippen molar-refractivity contribution >= 4 is 6.41 Å². The van der Waals surface area contributed by atoms with E-state index in [1.807, 2.05) is 4.90 Å². The molecular formula is C11H20N2O. The third kappa shape index (κ3) is 1.54. The fraction of sp³-hybridized carbons (Fsp3) is 0.909. The lowest BCUT2D eigenvalue weighted by Crippen LogP contribution is -2.40. The van der Waals surface area contributed by atoms with E-state index in [4.69, 9.17) is 0 Å². The fourth-order valence-electron chi connectivity index (χ4n) is 3.15. The van der Waals surface area contributed by atoms with Crippen molar-refractivity contribution < 1.29 is 4.79 Å². The van der Waals surface area contributed by atoms with E-state index in [0.717, 1.165) is 38.5 Å². The lowest BCUT2D eigenvalue weighted by molar-refractivity contribution is -0.119. The molecule has 1 amide bonds. The molecule has 1 aliphatic carbocycles. The van der Waals surface area contributed by atoms with Crippen molar-refractivity contribution in [2.24, 2.45) is 11.3 Å². The molecule has 80 valence electrons. The first-order valence-corrected chi connectivity index (χ1v) is 5.71. The first kappa shape index (κ1) is 9.97. The highest BCUT2D eigenvalue weighted by molar-refractivity contribution is 5.47. The van der Waals surface area contributed by atoms with Crippen LogP contribution >= 0.6 is 0 Å². The van der Waals surface area contributed by atoms with Gasteiger partial charge in [0, 0.05) is 25.0 Å². The molecular weight excluding hydrogens is 176 g/mol. The van der Waals surface area contributed by atoms with Gasteiger partial charge in [0.05, 0.1) is 0 Å². The molecule has 1 N–H and O–H groups in total. The number of fused-ring (bicyclic) bond motifs is 1. The average Bonchev–Trinajstić information content (AvgIpc) is 2.72. The molecule has 2 aliphatic rings. The second-order valence-electron chi connectivity index (χ2n) is 4.75. The van der Waals surface area contributed by atoms with E-state index < -0.39 is 0 Å². The van der Waals surface area contributed by atoms with Crippen molar-refractivity contribution in [3.05, 3.63) is 0 Å². The summed E-state index contributed by atoms with van der Waals surface area (Å²) in [6.07, 6.45) is 5.00. The van der Waals surface area contributed by atoms with Gasteiger partial charge in [-0.15, -0.1) is 0 Å². The number of nitrogens with zero attached hydrogens (tertiary/aromatic N) is 1. The quantitative estimate of drug-likeness (QED) is 0.676. The Bertz CT molecular complexity index is 207. The predicted molar refractivity (Wildman–Crippen MR) is 56.0 cm³/mol. The molecule has 0 spiro atoms. The fourth-order valence-corrected chi connectivity index (χ4v) is 3.15. The second kappa shape index (κ2) is 3.89. The van der Waals surface area contributed by atoms with Gasteiger partial charge in [-0.2, -0.15) is 0 Å². The monoisotopic (exact) mass is 196 g/mol. The number of carbonyl (C=O) groups is 1. The van der Waals surface area contributed by atoms with Crippen molar-refractivity contribution in [1.29, 1.82) is 0 Å². The Balaban J connectivity index is 2.03. The van der Waals surface area contributed by atoms with Gasteiger partial charge in [-0.1, -0.05) is 6.42 Å². The van der Waals surface area contributed by atoms with Crippen molar-refractivity contribution in [2.75, 3.05) is 26.2 Å². The van der Waals surface area contributed by atoms with Crippen LogP contribution < -0.4 is 5.32 Å². The molecule has 0 aromatic rings. The Morgan fingerprint density at radius 2 is 2.50 bits per heavy atom. The minimum absolute atomic E-state index is 0.414. The van der Waals surface area contributed by atoms with Crippen LogP contribution in [0.3, 0.4) is 0 Å². The molecule has 1 aliphatic heterocycles. The largest absolute Gasteiger partial charge is 0.345 e. The van der Waals surface area contributed by atoms with Crippen LogP contribution in [0.1, 0.15) is 26.2 Å². The Labute approximate surface area is 85.8 Å². The van der Waals surface area contributed by atoms with E-state index in [2.05, 4.69) is 12.2 Å². The highest BCUT2D eigenvalue weighted by atomic mass is 16.1. The molecule has 1 heterocycles. The zero-order chi connectivity index (χ0) is 10.0. The summed E-state index contributed by atoms with van der Waals surface area (Å²) in [5, 5.41) is 3.48. The summed E-state index contributed by atoms with van der Waals surface area (Å²) in [6.45, 7) is 6.14. The Morgan fingerprint density at radius 3 is 3.21 bits per heavy atom. The summed E-state index contributed by atoms with van der Waals surface area (Å²) >= 11 is 0. The number of hydrogen-bond acceptors (Lipinski definition) is 2. The van der Waals surface area contributed by atoms with Crippen molar-refractivity contribution in [3.63, 3.8) is 0 Å². The van der Waals surface area contributed by atoms with E-state index in [0.29, 0.717) is 5.41 Å². The molecule has 2 fully saturated rings. The van der Waals surface area contributed by atoms with Gasteiger partial charge < -0.3 is 10.2 Å². The number of hydrogen-bond donors (Lipinski definition) is 1. The third-order valence-electron chi connectivity index (χ3n) is 4.03. The topological polar surface area (TPSA) is 32.3 Å². The molecule has 2 unspecified atom stereocenters. The van der Waals surface area contributed by atoms with Gasteiger partial charge in [-0.05, 0) is 32.2 Å². The Hall–Kier alpha value is -0.570. The molecule has 1 saturated carbocycles. The van der Waals surface area contributed by atoms with E-state index in [1.165, 1.54) is 19.3 Å². The van der Waals surface area contributed by atoms with Crippen molar-refractivity contribution in [2.45, 2.75) is 26.2 Å². The van der Waals surface area contributed by atoms with E-state index in [-0.39, 0.29) is 0 Å². The summed E-state index contributed by atoms with van der Waals surface area (Å²) < 4.78 is 0. The molecule has 3 heteroatoms. The van der Waals surface area contributed by atoms with E-state index in [1.54, 1.807) is 0 Å². The van der Waals surface area contributed by atoms with Crippen LogP contribution in [0.4, 0.5) is 0 Å². The lowest BCUT2D eigenvalue weighted by Gasteiger charge is -2.32.